The smallest absolute Gasteiger partial charge is 0.247 e. The van der Waals surface area contributed by atoms with Crippen molar-refractivity contribution in [3.63, 3.8) is 0 Å². The van der Waals surface area contributed by atoms with Crippen molar-refractivity contribution < 1.29 is 34.4 Å². The number of hydrogen-bond donors (Lipinski definition) is 4. The number of carbonyl (C=O) groups is 2. The van der Waals surface area contributed by atoms with E-state index < -0.39 is 18.2 Å². The van der Waals surface area contributed by atoms with Gasteiger partial charge in [-0.05, 0) is 64.8 Å². The van der Waals surface area contributed by atoms with Gasteiger partial charge in [-0.2, -0.15) is 0 Å². The van der Waals surface area contributed by atoms with Crippen molar-refractivity contribution in [2.24, 2.45) is 5.92 Å². The Balaban J connectivity index is 1.71. The zero-order chi connectivity index (χ0) is 27.9. The van der Waals surface area contributed by atoms with Crippen LogP contribution in [-0.2, 0) is 22.7 Å². The van der Waals surface area contributed by atoms with Gasteiger partial charge in [0.05, 0.1) is 29.9 Å². The van der Waals surface area contributed by atoms with E-state index in [2.05, 4.69) is 27.9 Å². The van der Waals surface area contributed by atoms with E-state index in [1.54, 1.807) is 23.1 Å². The van der Waals surface area contributed by atoms with Gasteiger partial charge in [0, 0.05) is 31.0 Å². The van der Waals surface area contributed by atoms with Crippen molar-refractivity contribution in [3.05, 3.63) is 68.8 Å². The van der Waals surface area contributed by atoms with Crippen molar-refractivity contribution in [2.75, 3.05) is 20.3 Å². The van der Waals surface area contributed by atoms with Crippen molar-refractivity contribution in [2.45, 2.75) is 57.1 Å². The summed E-state index contributed by atoms with van der Waals surface area (Å²) >= 11 is 2.07. The van der Waals surface area contributed by atoms with Gasteiger partial charge in [0.2, 0.25) is 11.8 Å². The molecule has 2 aromatic rings. The fraction of sp³-hybridized carbons (Fsp3) is 0.448. The summed E-state index contributed by atoms with van der Waals surface area (Å²) in [6, 6.07) is 12.3. The van der Waals surface area contributed by atoms with Crippen LogP contribution in [0.15, 0.2) is 54.1 Å². The number of rotatable bonds is 11. The number of carbonyl (C=O) groups excluding carboxylic acids is 2. The van der Waals surface area contributed by atoms with Gasteiger partial charge in [-0.15, -0.1) is 0 Å². The zero-order valence-corrected chi connectivity index (χ0v) is 24.0. The number of amides is 2. The Hall–Kier alpha value is -2.67. The number of aliphatic hydroxyl groups is 3. The van der Waals surface area contributed by atoms with Gasteiger partial charge >= 0.3 is 0 Å². The van der Waals surface area contributed by atoms with Crippen LogP contribution in [0.2, 0.25) is 0 Å². The number of nitrogens with zero attached hydrogens (tertiary/aromatic N) is 1. The third-order valence-electron chi connectivity index (χ3n) is 7.27. The molecule has 2 amide bonds. The molecule has 4 N–H and O–H groups in total. The molecule has 39 heavy (non-hydrogen) atoms. The van der Waals surface area contributed by atoms with Gasteiger partial charge in [-0.3, -0.25) is 9.59 Å². The second kappa shape index (κ2) is 13.6. The minimum absolute atomic E-state index is 0.0376. The van der Waals surface area contributed by atoms with Gasteiger partial charge in [0.1, 0.15) is 12.2 Å². The lowest BCUT2D eigenvalue weighted by molar-refractivity contribution is -0.146. The van der Waals surface area contributed by atoms with E-state index in [9.17, 15) is 24.9 Å². The first-order valence-corrected chi connectivity index (χ1v) is 14.2. The van der Waals surface area contributed by atoms with Gasteiger partial charge < -0.3 is 35.0 Å². The number of methoxy groups -OCH3 is 1. The average molecular weight is 651 g/mol. The molecule has 0 aromatic heterocycles. The lowest BCUT2D eigenvalue weighted by Crippen LogP contribution is -2.56. The van der Waals surface area contributed by atoms with Gasteiger partial charge in [0.15, 0.2) is 11.5 Å². The Morgan fingerprint density at radius 1 is 1.13 bits per heavy atom. The highest BCUT2D eigenvalue weighted by Gasteiger charge is 2.43. The number of halogens is 1. The SMILES string of the molecule is COc1cc(CO)cc(I)c1OC1C=C(C(=O)NCCO)CC(N(Cc2ccccc2)C(=O)C2CCC2)C1O. The van der Waals surface area contributed by atoms with E-state index in [0.29, 0.717) is 32.8 Å². The maximum atomic E-state index is 13.7. The monoisotopic (exact) mass is 650 g/mol. The molecule has 1 saturated carbocycles. The molecule has 3 unspecified atom stereocenters. The molecule has 9 nitrogen and oxygen atoms in total. The minimum Gasteiger partial charge on any atom is -0.493 e. The molecule has 3 atom stereocenters. The third kappa shape index (κ3) is 6.92. The number of aliphatic hydroxyl groups excluding tert-OH is 3. The Bertz CT molecular complexity index is 1190. The van der Waals surface area contributed by atoms with Crippen LogP contribution in [-0.4, -0.2) is 70.5 Å². The molecule has 1 fully saturated rings. The molecular weight excluding hydrogens is 615 g/mol. The number of benzene rings is 2. The molecule has 0 radical (unpaired) electrons. The highest BCUT2D eigenvalue weighted by atomic mass is 127. The predicted octanol–water partition coefficient (Wildman–Crippen LogP) is 2.54. The molecule has 2 aromatic carbocycles. The first-order chi connectivity index (χ1) is 18.9. The molecule has 4 rings (SSSR count). The van der Waals surface area contributed by atoms with E-state index in [4.69, 9.17) is 9.47 Å². The summed E-state index contributed by atoms with van der Waals surface area (Å²) in [6.07, 6.45) is 2.22. The quantitative estimate of drug-likeness (QED) is 0.276. The van der Waals surface area contributed by atoms with Crippen LogP contribution >= 0.6 is 22.6 Å². The largest absolute Gasteiger partial charge is 0.493 e. The molecule has 10 heteroatoms. The van der Waals surface area contributed by atoms with Crippen molar-refractivity contribution in [1.82, 2.24) is 10.2 Å². The van der Waals surface area contributed by atoms with Crippen LogP contribution in [0.4, 0.5) is 0 Å². The maximum Gasteiger partial charge on any atom is 0.247 e. The molecule has 0 aliphatic heterocycles. The standard InChI is InChI=1S/C29H35IN2O7/c1-38-25-13-19(17-34)12-22(30)27(25)39-24-15-21(28(36)31-10-11-33)14-23(26(24)35)32(29(37)20-8-5-9-20)16-18-6-3-2-4-7-18/h2-4,6-7,12-13,15,20,23-24,26,33-35H,5,8-11,14,16-17H2,1H3,(H,31,36). The molecule has 0 heterocycles. The fourth-order valence-electron chi connectivity index (χ4n) is 4.92. The normalized spacial score (nSPS) is 20.9. The summed E-state index contributed by atoms with van der Waals surface area (Å²) in [7, 11) is 1.49. The van der Waals surface area contributed by atoms with E-state index in [0.717, 1.165) is 24.8 Å². The molecule has 2 aliphatic rings. The Kier molecular flexibility index (Phi) is 10.2. The van der Waals surface area contributed by atoms with Crippen LogP contribution in [0.25, 0.3) is 0 Å². The molecule has 2 aliphatic carbocycles. The van der Waals surface area contributed by atoms with Crippen molar-refractivity contribution >= 4 is 34.4 Å². The fourth-order valence-corrected chi connectivity index (χ4v) is 5.72. The maximum absolute atomic E-state index is 13.7. The Morgan fingerprint density at radius 2 is 1.87 bits per heavy atom. The summed E-state index contributed by atoms with van der Waals surface area (Å²) in [5.74, 6) is 0.217. The second-order valence-corrected chi connectivity index (χ2v) is 11.0. The first-order valence-electron chi connectivity index (χ1n) is 13.1. The molecule has 210 valence electrons. The van der Waals surface area contributed by atoms with Crippen molar-refractivity contribution in [1.29, 1.82) is 0 Å². The van der Waals surface area contributed by atoms with Crippen LogP contribution in [0.3, 0.4) is 0 Å². The zero-order valence-electron chi connectivity index (χ0n) is 21.9. The number of nitrogens with one attached hydrogen (secondary N) is 1. The summed E-state index contributed by atoms with van der Waals surface area (Å²) in [5.41, 5.74) is 1.93. The van der Waals surface area contributed by atoms with Gasteiger partial charge in [-0.1, -0.05) is 36.8 Å². The van der Waals surface area contributed by atoms with Crippen LogP contribution in [0.1, 0.15) is 36.8 Å². The molecular formula is C29H35IN2O7. The summed E-state index contributed by atoms with van der Waals surface area (Å²) in [5, 5.41) is 33.2. The molecule has 0 bridgehead atoms. The predicted molar refractivity (Wildman–Crippen MR) is 153 cm³/mol. The van der Waals surface area contributed by atoms with E-state index in [-0.39, 0.29) is 43.9 Å². The minimum atomic E-state index is -1.13. The summed E-state index contributed by atoms with van der Waals surface area (Å²) in [6.45, 7) is -0.00825. The van der Waals surface area contributed by atoms with Crippen LogP contribution < -0.4 is 14.8 Å². The van der Waals surface area contributed by atoms with Crippen LogP contribution in [0, 0.1) is 9.49 Å². The topological polar surface area (TPSA) is 129 Å². The molecule has 0 spiro atoms. The van der Waals surface area contributed by atoms with E-state index in [1.165, 1.54) is 7.11 Å². The van der Waals surface area contributed by atoms with Crippen molar-refractivity contribution in [3.8, 4) is 11.5 Å². The lowest BCUT2D eigenvalue weighted by atomic mass is 9.82. The second-order valence-electron chi connectivity index (χ2n) is 9.86. The van der Waals surface area contributed by atoms with Crippen LogP contribution in [0.5, 0.6) is 11.5 Å². The highest BCUT2D eigenvalue weighted by molar-refractivity contribution is 14.1. The summed E-state index contributed by atoms with van der Waals surface area (Å²) < 4.78 is 12.5. The molecule has 0 saturated heterocycles. The van der Waals surface area contributed by atoms with Gasteiger partial charge in [0.25, 0.3) is 0 Å². The van der Waals surface area contributed by atoms with Gasteiger partial charge in [-0.25, -0.2) is 0 Å². The first kappa shape index (κ1) is 29.3. The Labute approximate surface area is 241 Å². The number of ether oxygens (including phenoxy) is 2. The van der Waals surface area contributed by atoms with E-state index >= 15 is 0 Å². The average Bonchev–Trinajstić information content (AvgIpc) is 2.91. The number of hydrogen-bond acceptors (Lipinski definition) is 7. The highest BCUT2D eigenvalue weighted by Crippen LogP contribution is 2.38. The third-order valence-corrected chi connectivity index (χ3v) is 8.07. The lowest BCUT2D eigenvalue weighted by Gasteiger charge is -2.43. The summed E-state index contributed by atoms with van der Waals surface area (Å²) in [4.78, 5) is 28.4. The van der Waals surface area contributed by atoms with E-state index in [1.807, 2.05) is 30.3 Å². The Morgan fingerprint density at radius 3 is 2.49 bits per heavy atom.